The van der Waals surface area contributed by atoms with Gasteiger partial charge in [-0.05, 0) is 26.0 Å². The number of benzene rings is 1. The van der Waals surface area contributed by atoms with Crippen LogP contribution in [0.3, 0.4) is 0 Å². The van der Waals surface area contributed by atoms with E-state index in [9.17, 15) is 17.6 Å². The first-order chi connectivity index (χ1) is 17.5. The van der Waals surface area contributed by atoms with Crippen LogP contribution in [-0.4, -0.2) is 69.8 Å². The number of ether oxygens (including phenoxy) is 2. The van der Waals surface area contributed by atoms with E-state index >= 15 is 0 Å². The van der Waals surface area contributed by atoms with Gasteiger partial charge in [-0.15, -0.1) is 0 Å². The summed E-state index contributed by atoms with van der Waals surface area (Å²) in [5, 5.41) is 18.3. The number of aliphatic carboxylic acids is 1. The average molecular weight is 526 g/mol. The first-order valence-electron chi connectivity index (χ1n) is 11.3. The molecule has 0 unspecified atom stereocenters. The number of halogens is 4. The normalized spacial score (nSPS) is 14.2. The molecule has 0 atom stereocenters. The Kier molecular flexibility index (Phi) is 8.84. The number of alkyl halides is 3. The van der Waals surface area contributed by atoms with E-state index in [0.717, 1.165) is 37.6 Å². The SMILES string of the molecule is COc1ccc(OC2CCN(c3nc4cnncc4nc3NC(C)C)CC2)c(F)c1.O=C(O)C(F)(F)F. The Balaban J connectivity index is 0.000000479. The van der Waals surface area contributed by atoms with E-state index < -0.39 is 18.0 Å². The maximum Gasteiger partial charge on any atom is 0.490 e. The van der Waals surface area contributed by atoms with E-state index in [2.05, 4.69) is 34.3 Å². The molecule has 1 fully saturated rings. The van der Waals surface area contributed by atoms with Gasteiger partial charge >= 0.3 is 12.1 Å². The molecule has 3 heterocycles. The molecular formula is C23H26F4N6O4. The summed E-state index contributed by atoms with van der Waals surface area (Å²) in [6.07, 6.45) is -0.416. The maximum atomic E-state index is 14.2. The van der Waals surface area contributed by atoms with E-state index in [1.54, 1.807) is 24.5 Å². The molecule has 200 valence electrons. The third-order valence-corrected chi connectivity index (χ3v) is 5.20. The third-order valence-electron chi connectivity index (χ3n) is 5.20. The smallest absolute Gasteiger partial charge is 0.490 e. The van der Waals surface area contributed by atoms with Gasteiger partial charge in [0.2, 0.25) is 0 Å². The Labute approximate surface area is 209 Å². The Morgan fingerprint density at radius 1 is 1.14 bits per heavy atom. The van der Waals surface area contributed by atoms with Crippen molar-refractivity contribution in [1.82, 2.24) is 20.2 Å². The van der Waals surface area contributed by atoms with Gasteiger partial charge in [0, 0.05) is 38.0 Å². The van der Waals surface area contributed by atoms with Gasteiger partial charge < -0.3 is 24.8 Å². The molecule has 10 nitrogen and oxygen atoms in total. The number of hydrogen-bond donors (Lipinski definition) is 2. The van der Waals surface area contributed by atoms with Crippen LogP contribution < -0.4 is 19.7 Å². The number of rotatable bonds is 6. The van der Waals surface area contributed by atoms with Crippen LogP contribution >= 0.6 is 0 Å². The van der Waals surface area contributed by atoms with Crippen molar-refractivity contribution in [3.63, 3.8) is 0 Å². The molecular weight excluding hydrogens is 500 g/mol. The number of piperidine rings is 1. The van der Waals surface area contributed by atoms with Gasteiger partial charge in [-0.25, -0.2) is 19.2 Å². The highest BCUT2D eigenvalue weighted by molar-refractivity contribution is 5.79. The van der Waals surface area contributed by atoms with Crippen LogP contribution in [-0.2, 0) is 4.79 Å². The number of nitrogens with one attached hydrogen (secondary N) is 1. The van der Waals surface area contributed by atoms with Crippen molar-refractivity contribution in [2.75, 3.05) is 30.4 Å². The number of methoxy groups -OCH3 is 1. The molecule has 0 spiro atoms. The fourth-order valence-electron chi connectivity index (χ4n) is 3.48. The summed E-state index contributed by atoms with van der Waals surface area (Å²) in [5.74, 6) is -0.932. The summed E-state index contributed by atoms with van der Waals surface area (Å²) in [7, 11) is 1.51. The third kappa shape index (κ3) is 7.51. The molecule has 1 aliphatic rings. The number of aromatic nitrogens is 4. The van der Waals surface area contributed by atoms with Crippen molar-refractivity contribution in [1.29, 1.82) is 0 Å². The fraction of sp³-hybridized carbons (Fsp3) is 0.435. The number of fused-ring (bicyclic) bond motifs is 1. The van der Waals surface area contributed by atoms with Gasteiger partial charge in [0.25, 0.3) is 0 Å². The summed E-state index contributed by atoms with van der Waals surface area (Å²) < 4.78 is 56.9. The van der Waals surface area contributed by atoms with Crippen LogP contribution in [0.1, 0.15) is 26.7 Å². The van der Waals surface area contributed by atoms with Crippen LogP contribution in [0.2, 0.25) is 0 Å². The van der Waals surface area contributed by atoms with E-state index in [1.165, 1.54) is 13.2 Å². The largest absolute Gasteiger partial charge is 0.497 e. The zero-order valence-electron chi connectivity index (χ0n) is 20.3. The quantitative estimate of drug-likeness (QED) is 0.455. The second-order valence-electron chi connectivity index (χ2n) is 8.36. The van der Waals surface area contributed by atoms with Crippen LogP contribution in [0.15, 0.2) is 30.6 Å². The summed E-state index contributed by atoms with van der Waals surface area (Å²) in [5.41, 5.74) is 1.40. The van der Waals surface area contributed by atoms with Crippen LogP contribution in [0, 0.1) is 5.82 Å². The molecule has 4 rings (SSSR count). The second kappa shape index (κ2) is 11.8. The molecule has 1 aromatic carbocycles. The molecule has 14 heteroatoms. The fourth-order valence-corrected chi connectivity index (χ4v) is 3.48. The molecule has 0 aliphatic carbocycles. The van der Waals surface area contributed by atoms with E-state index in [0.29, 0.717) is 16.8 Å². The lowest BCUT2D eigenvalue weighted by molar-refractivity contribution is -0.192. The molecule has 2 N–H and O–H groups in total. The molecule has 1 aliphatic heterocycles. The van der Waals surface area contributed by atoms with Crippen LogP contribution in [0.5, 0.6) is 11.5 Å². The zero-order valence-corrected chi connectivity index (χ0v) is 20.3. The van der Waals surface area contributed by atoms with Gasteiger partial charge in [-0.2, -0.15) is 23.4 Å². The average Bonchev–Trinajstić information content (AvgIpc) is 2.85. The van der Waals surface area contributed by atoms with Gasteiger partial charge in [-0.3, -0.25) is 0 Å². The summed E-state index contributed by atoms with van der Waals surface area (Å²) in [6, 6.07) is 4.86. The zero-order chi connectivity index (χ0) is 27.2. The van der Waals surface area contributed by atoms with E-state index in [-0.39, 0.29) is 17.9 Å². The minimum absolute atomic E-state index is 0.0649. The van der Waals surface area contributed by atoms with Gasteiger partial charge in [0.05, 0.1) is 19.5 Å². The lowest BCUT2D eigenvalue weighted by atomic mass is 10.1. The number of anilines is 2. The highest BCUT2D eigenvalue weighted by Gasteiger charge is 2.38. The molecule has 0 saturated carbocycles. The number of carbonyl (C=O) groups is 1. The van der Waals surface area contributed by atoms with Gasteiger partial charge in [0.15, 0.2) is 23.2 Å². The monoisotopic (exact) mass is 526 g/mol. The summed E-state index contributed by atoms with van der Waals surface area (Å²) in [4.78, 5) is 20.6. The standard InChI is InChI=1S/C21H25FN6O2.C2HF3O2/c1-13(2)25-20-21(27-18-12-24-23-11-17(18)26-20)28-8-6-14(7-9-28)30-19-5-4-15(29-3)10-16(19)22;3-2(4,5)1(6)7/h4-5,10-14H,6-9H2,1-3H3,(H,25,26);(H,6,7). The lowest BCUT2D eigenvalue weighted by Gasteiger charge is -2.34. The molecule has 3 aromatic rings. The van der Waals surface area contributed by atoms with Crippen molar-refractivity contribution in [3.05, 3.63) is 36.4 Å². The van der Waals surface area contributed by atoms with E-state index in [1.807, 2.05) is 0 Å². The number of nitrogens with zero attached hydrogens (tertiary/aromatic N) is 5. The van der Waals surface area contributed by atoms with Crippen molar-refractivity contribution in [3.8, 4) is 11.5 Å². The Morgan fingerprint density at radius 2 is 1.73 bits per heavy atom. The molecule has 0 amide bonds. The molecule has 37 heavy (non-hydrogen) atoms. The number of carboxylic acids is 1. The molecule has 2 aromatic heterocycles. The number of carboxylic acid groups (broad SMARTS) is 1. The highest BCUT2D eigenvalue weighted by atomic mass is 19.4. The van der Waals surface area contributed by atoms with E-state index in [4.69, 9.17) is 29.3 Å². The van der Waals surface area contributed by atoms with Crippen molar-refractivity contribution >= 4 is 28.6 Å². The minimum Gasteiger partial charge on any atom is -0.497 e. The second-order valence-corrected chi connectivity index (χ2v) is 8.36. The number of hydrogen-bond acceptors (Lipinski definition) is 9. The predicted molar refractivity (Wildman–Crippen MR) is 126 cm³/mol. The van der Waals surface area contributed by atoms with Crippen molar-refractivity contribution < 1.29 is 36.9 Å². The van der Waals surface area contributed by atoms with Gasteiger partial charge in [-0.1, -0.05) is 0 Å². The van der Waals surface area contributed by atoms with Crippen LogP contribution in [0.25, 0.3) is 11.0 Å². The van der Waals surface area contributed by atoms with Gasteiger partial charge in [0.1, 0.15) is 22.9 Å². The van der Waals surface area contributed by atoms with Crippen LogP contribution in [0.4, 0.5) is 29.2 Å². The Hall–Kier alpha value is -3.97. The van der Waals surface area contributed by atoms with Crippen molar-refractivity contribution in [2.45, 2.75) is 45.0 Å². The summed E-state index contributed by atoms with van der Waals surface area (Å²) in [6.45, 7) is 5.58. The Morgan fingerprint density at radius 3 is 2.24 bits per heavy atom. The Bertz CT molecular complexity index is 1220. The maximum absolute atomic E-state index is 14.2. The first kappa shape index (κ1) is 27.6. The lowest BCUT2D eigenvalue weighted by Crippen LogP contribution is -2.39. The molecule has 0 bridgehead atoms. The minimum atomic E-state index is -5.08. The first-order valence-corrected chi connectivity index (χ1v) is 11.3. The predicted octanol–water partition coefficient (Wildman–Crippen LogP) is 4.07. The van der Waals surface area contributed by atoms with Crippen molar-refractivity contribution in [2.24, 2.45) is 0 Å². The molecule has 1 saturated heterocycles. The summed E-state index contributed by atoms with van der Waals surface area (Å²) >= 11 is 0. The molecule has 0 radical (unpaired) electrons. The highest BCUT2D eigenvalue weighted by Crippen LogP contribution is 2.30. The topological polar surface area (TPSA) is 123 Å².